The summed E-state index contributed by atoms with van der Waals surface area (Å²) in [6.45, 7) is 5.51. The Morgan fingerprint density at radius 1 is 1.28 bits per heavy atom. The van der Waals surface area contributed by atoms with E-state index in [4.69, 9.17) is 4.74 Å². The fourth-order valence-corrected chi connectivity index (χ4v) is 4.75. The molecule has 1 aromatic heterocycles. The minimum Gasteiger partial charge on any atom is -0.453 e. The van der Waals surface area contributed by atoms with Crippen molar-refractivity contribution in [1.82, 2.24) is 10.2 Å². The molecule has 1 saturated carbocycles. The highest BCUT2D eigenvalue weighted by molar-refractivity contribution is 7.91. The molecule has 7 heteroatoms. The summed E-state index contributed by atoms with van der Waals surface area (Å²) in [6.07, 6.45) is 3.02. The number of nitrogens with zero attached hydrogens (tertiary/aromatic N) is 2. The van der Waals surface area contributed by atoms with E-state index in [0.717, 1.165) is 24.0 Å². The molecule has 0 bridgehead atoms. The Bertz CT molecular complexity index is 943. The topological polar surface area (TPSA) is 95.8 Å². The number of aromatic nitrogens is 2. The number of rotatable bonds is 5. The lowest BCUT2D eigenvalue weighted by Crippen LogP contribution is -2.15. The van der Waals surface area contributed by atoms with Crippen LogP contribution in [0.3, 0.4) is 0 Å². The molecular formula is C18H21N3O3S. The number of nitriles is 1. The monoisotopic (exact) mass is 359 g/mol. The average molecular weight is 359 g/mol. The quantitative estimate of drug-likeness (QED) is 0.881. The van der Waals surface area contributed by atoms with Gasteiger partial charge in [0.15, 0.2) is 15.6 Å². The molecule has 1 N–H and O–H groups in total. The first-order valence-electron chi connectivity index (χ1n) is 8.15. The molecule has 0 spiro atoms. The maximum atomic E-state index is 12.3. The van der Waals surface area contributed by atoms with E-state index < -0.39 is 15.1 Å². The van der Waals surface area contributed by atoms with E-state index in [1.165, 1.54) is 6.26 Å². The minimum atomic E-state index is -3.29. The molecule has 1 aromatic carbocycles. The first kappa shape index (κ1) is 17.5. The fraction of sp³-hybridized carbons (Fsp3) is 0.444. The van der Waals surface area contributed by atoms with E-state index in [0.29, 0.717) is 28.5 Å². The lowest BCUT2D eigenvalue weighted by molar-refractivity contribution is 0.467. The Kier molecular flexibility index (Phi) is 4.33. The molecule has 6 nitrogen and oxygen atoms in total. The standard InChI is InChI=1S/C18H21N3O3S/c1-10-7-14(8-11(2)15(10)9-19)24-17-12(3)20-21-16(17)18(13-5-6-13)25(4,22)23/h7-8,13,18H,5-6H2,1-4H3,(H,20,21). The van der Waals surface area contributed by atoms with Gasteiger partial charge in [-0.05, 0) is 62.8 Å². The van der Waals surface area contributed by atoms with Crippen LogP contribution in [0.15, 0.2) is 12.1 Å². The summed E-state index contributed by atoms with van der Waals surface area (Å²) in [7, 11) is -3.29. The largest absolute Gasteiger partial charge is 0.453 e. The molecule has 0 radical (unpaired) electrons. The van der Waals surface area contributed by atoms with Gasteiger partial charge in [0, 0.05) is 6.26 Å². The van der Waals surface area contributed by atoms with Crippen LogP contribution in [0.25, 0.3) is 0 Å². The van der Waals surface area contributed by atoms with Crippen LogP contribution in [-0.4, -0.2) is 24.9 Å². The van der Waals surface area contributed by atoms with E-state index in [1.807, 2.05) is 13.8 Å². The molecule has 0 saturated heterocycles. The second-order valence-electron chi connectivity index (χ2n) is 6.80. The first-order valence-corrected chi connectivity index (χ1v) is 10.1. The number of aryl methyl sites for hydroxylation is 3. The van der Waals surface area contributed by atoms with Gasteiger partial charge in [0.05, 0.1) is 17.3 Å². The van der Waals surface area contributed by atoms with Crippen molar-refractivity contribution in [2.75, 3.05) is 6.26 Å². The maximum absolute atomic E-state index is 12.3. The van der Waals surface area contributed by atoms with Crippen LogP contribution >= 0.6 is 0 Å². The Hall–Kier alpha value is -2.33. The van der Waals surface area contributed by atoms with Gasteiger partial charge in [0.1, 0.15) is 16.7 Å². The van der Waals surface area contributed by atoms with Crippen molar-refractivity contribution in [1.29, 1.82) is 5.26 Å². The highest BCUT2D eigenvalue weighted by Gasteiger charge is 2.42. The summed E-state index contributed by atoms with van der Waals surface area (Å²) in [5.74, 6) is 1.14. The van der Waals surface area contributed by atoms with E-state index in [-0.39, 0.29) is 5.92 Å². The number of benzene rings is 1. The highest BCUT2D eigenvalue weighted by Crippen LogP contribution is 2.48. The highest BCUT2D eigenvalue weighted by atomic mass is 32.2. The number of hydrogen-bond donors (Lipinski definition) is 1. The molecule has 1 heterocycles. The molecule has 1 unspecified atom stereocenters. The smallest absolute Gasteiger partial charge is 0.172 e. The van der Waals surface area contributed by atoms with Crippen LogP contribution in [0.2, 0.25) is 0 Å². The first-order chi connectivity index (χ1) is 11.7. The van der Waals surface area contributed by atoms with E-state index in [1.54, 1.807) is 19.1 Å². The molecule has 1 atom stereocenters. The van der Waals surface area contributed by atoms with Crippen LogP contribution in [0.1, 0.15) is 46.2 Å². The molecule has 0 aliphatic heterocycles. The van der Waals surface area contributed by atoms with Crippen molar-refractivity contribution >= 4 is 9.84 Å². The normalized spacial score (nSPS) is 15.6. The van der Waals surface area contributed by atoms with Gasteiger partial charge in [0.25, 0.3) is 0 Å². The predicted octanol–water partition coefficient (Wildman–Crippen LogP) is 3.49. The van der Waals surface area contributed by atoms with Crippen molar-refractivity contribution in [2.45, 2.75) is 38.9 Å². The summed E-state index contributed by atoms with van der Waals surface area (Å²) in [5.41, 5.74) is 3.40. The third kappa shape index (κ3) is 3.40. The van der Waals surface area contributed by atoms with Crippen LogP contribution in [0.4, 0.5) is 0 Å². The molecule has 132 valence electrons. The summed E-state index contributed by atoms with van der Waals surface area (Å²) < 4.78 is 30.6. The number of aromatic amines is 1. The van der Waals surface area contributed by atoms with Crippen LogP contribution < -0.4 is 4.74 Å². The third-order valence-electron chi connectivity index (χ3n) is 4.54. The van der Waals surface area contributed by atoms with Crippen LogP contribution in [0, 0.1) is 38.0 Å². The number of sulfone groups is 1. The Labute approximate surface area is 147 Å². The molecule has 3 rings (SSSR count). The zero-order valence-corrected chi connectivity index (χ0v) is 15.6. The second kappa shape index (κ2) is 6.19. The summed E-state index contributed by atoms with van der Waals surface area (Å²) >= 11 is 0. The van der Waals surface area contributed by atoms with Gasteiger partial charge in [-0.25, -0.2) is 8.42 Å². The molecule has 0 amide bonds. The van der Waals surface area contributed by atoms with Gasteiger partial charge in [-0.2, -0.15) is 10.4 Å². The molecule has 25 heavy (non-hydrogen) atoms. The average Bonchev–Trinajstić information content (AvgIpc) is 3.25. The number of hydrogen-bond acceptors (Lipinski definition) is 5. The van der Waals surface area contributed by atoms with Crippen molar-refractivity contribution in [2.24, 2.45) is 5.92 Å². The van der Waals surface area contributed by atoms with Gasteiger partial charge in [-0.3, -0.25) is 5.10 Å². The number of nitrogens with one attached hydrogen (secondary N) is 1. The Morgan fingerprint density at radius 3 is 2.36 bits per heavy atom. The lowest BCUT2D eigenvalue weighted by Gasteiger charge is -2.15. The van der Waals surface area contributed by atoms with Gasteiger partial charge in [-0.1, -0.05) is 0 Å². The Balaban J connectivity index is 2.02. The zero-order valence-electron chi connectivity index (χ0n) is 14.8. The SMILES string of the molecule is Cc1cc(Oc2c(C(C3CC3)S(C)(=O)=O)n[nH]c2C)cc(C)c1C#N. The van der Waals surface area contributed by atoms with Crippen LogP contribution in [-0.2, 0) is 9.84 Å². The van der Waals surface area contributed by atoms with Crippen molar-refractivity contribution in [3.63, 3.8) is 0 Å². The van der Waals surface area contributed by atoms with Crippen molar-refractivity contribution in [3.05, 3.63) is 40.2 Å². The maximum Gasteiger partial charge on any atom is 0.172 e. The van der Waals surface area contributed by atoms with Crippen molar-refractivity contribution < 1.29 is 13.2 Å². The van der Waals surface area contributed by atoms with Gasteiger partial charge in [0.2, 0.25) is 0 Å². The summed E-state index contributed by atoms with van der Waals surface area (Å²) in [5, 5.41) is 15.6. The zero-order chi connectivity index (χ0) is 18.4. The second-order valence-corrected chi connectivity index (χ2v) is 8.96. The van der Waals surface area contributed by atoms with Crippen LogP contribution in [0.5, 0.6) is 11.5 Å². The molecular weight excluding hydrogens is 338 g/mol. The van der Waals surface area contributed by atoms with Gasteiger partial charge >= 0.3 is 0 Å². The number of ether oxygens (including phenoxy) is 1. The molecule has 1 aliphatic carbocycles. The van der Waals surface area contributed by atoms with Gasteiger partial charge < -0.3 is 4.74 Å². The Morgan fingerprint density at radius 2 is 1.88 bits per heavy atom. The number of H-pyrrole nitrogens is 1. The molecule has 2 aromatic rings. The van der Waals surface area contributed by atoms with Crippen molar-refractivity contribution in [3.8, 4) is 17.6 Å². The molecule has 1 aliphatic rings. The minimum absolute atomic E-state index is 0.101. The lowest BCUT2D eigenvalue weighted by atomic mass is 10.0. The summed E-state index contributed by atoms with van der Waals surface area (Å²) in [4.78, 5) is 0. The van der Waals surface area contributed by atoms with E-state index in [9.17, 15) is 13.7 Å². The fourth-order valence-electron chi connectivity index (χ4n) is 3.21. The summed E-state index contributed by atoms with van der Waals surface area (Å²) in [6, 6.07) is 5.75. The van der Waals surface area contributed by atoms with E-state index >= 15 is 0 Å². The third-order valence-corrected chi connectivity index (χ3v) is 6.07. The van der Waals surface area contributed by atoms with Gasteiger partial charge in [-0.15, -0.1) is 0 Å². The molecule has 1 fully saturated rings. The van der Waals surface area contributed by atoms with E-state index in [2.05, 4.69) is 16.3 Å². The predicted molar refractivity (Wildman–Crippen MR) is 94.3 cm³/mol.